The zero-order chi connectivity index (χ0) is 14.5. The van der Waals surface area contributed by atoms with Crippen molar-refractivity contribution in [3.63, 3.8) is 0 Å². The number of amides is 2. The molecular weight excluding hydrogens is 244 g/mol. The van der Waals surface area contributed by atoms with Gasteiger partial charge >= 0.3 is 6.09 Å². The van der Waals surface area contributed by atoms with Gasteiger partial charge in [-0.2, -0.15) is 0 Å². The Bertz CT molecular complexity index is 323. The molecule has 0 heterocycles. The Morgan fingerprint density at radius 1 is 1.26 bits per heavy atom. The molecule has 110 valence electrons. The highest BCUT2D eigenvalue weighted by molar-refractivity contribution is 5.77. The van der Waals surface area contributed by atoms with Crippen LogP contribution in [0.5, 0.6) is 0 Å². The highest BCUT2D eigenvalue weighted by atomic mass is 16.6. The van der Waals surface area contributed by atoms with Crippen molar-refractivity contribution in [1.82, 2.24) is 10.6 Å². The van der Waals surface area contributed by atoms with E-state index in [1.807, 2.05) is 0 Å². The van der Waals surface area contributed by atoms with Gasteiger partial charge in [0.25, 0.3) is 0 Å². The highest BCUT2D eigenvalue weighted by Gasteiger charge is 2.22. The summed E-state index contributed by atoms with van der Waals surface area (Å²) < 4.78 is 5.09. The second-order valence-electron chi connectivity index (χ2n) is 6.36. The van der Waals surface area contributed by atoms with E-state index in [-0.39, 0.29) is 5.91 Å². The molecule has 1 saturated carbocycles. The molecule has 0 saturated heterocycles. The minimum Gasteiger partial charge on any atom is -0.444 e. The maximum atomic E-state index is 11.7. The van der Waals surface area contributed by atoms with Gasteiger partial charge in [0.15, 0.2) is 0 Å². The van der Waals surface area contributed by atoms with E-state index in [0.29, 0.717) is 24.9 Å². The summed E-state index contributed by atoms with van der Waals surface area (Å²) in [4.78, 5) is 23.0. The molecule has 0 radical (unpaired) electrons. The first-order valence-corrected chi connectivity index (χ1v) is 7.02. The molecule has 0 aromatic carbocycles. The van der Waals surface area contributed by atoms with Crippen LogP contribution < -0.4 is 10.6 Å². The molecule has 19 heavy (non-hydrogen) atoms. The van der Waals surface area contributed by atoms with Crippen molar-refractivity contribution >= 4 is 12.0 Å². The lowest BCUT2D eigenvalue weighted by Gasteiger charge is -2.19. The first-order chi connectivity index (χ1) is 8.76. The molecule has 2 unspecified atom stereocenters. The summed E-state index contributed by atoms with van der Waals surface area (Å²) in [5.74, 6) is 0.695. The van der Waals surface area contributed by atoms with Gasteiger partial charge < -0.3 is 15.4 Å². The van der Waals surface area contributed by atoms with Crippen molar-refractivity contribution in [1.29, 1.82) is 0 Å². The zero-order valence-electron chi connectivity index (χ0n) is 12.4. The lowest BCUT2D eigenvalue weighted by atomic mass is 10.1. The molecule has 1 aliphatic rings. The minimum atomic E-state index is -0.508. The second-order valence-corrected chi connectivity index (χ2v) is 6.36. The van der Waals surface area contributed by atoms with Crippen LogP contribution >= 0.6 is 0 Å². The number of alkyl carbamates (subject to hydrolysis) is 1. The van der Waals surface area contributed by atoms with E-state index in [4.69, 9.17) is 4.74 Å². The Labute approximate surface area is 115 Å². The molecule has 1 aliphatic carbocycles. The molecule has 0 aromatic heterocycles. The summed E-state index contributed by atoms with van der Waals surface area (Å²) in [7, 11) is 0. The molecule has 2 amide bonds. The molecule has 1 fully saturated rings. The normalized spacial score (nSPS) is 22.9. The Balaban J connectivity index is 2.12. The minimum absolute atomic E-state index is 0.00448. The summed E-state index contributed by atoms with van der Waals surface area (Å²) in [6, 6.07) is 0.309. The maximum absolute atomic E-state index is 11.7. The average Bonchev–Trinajstić information content (AvgIpc) is 2.61. The number of carbonyl (C=O) groups is 2. The van der Waals surface area contributed by atoms with Crippen molar-refractivity contribution in [2.24, 2.45) is 5.92 Å². The monoisotopic (exact) mass is 270 g/mol. The predicted octanol–water partition coefficient (Wildman–Crippen LogP) is 2.21. The van der Waals surface area contributed by atoms with Crippen molar-refractivity contribution in [2.75, 3.05) is 6.54 Å². The van der Waals surface area contributed by atoms with Crippen LogP contribution in [-0.2, 0) is 9.53 Å². The smallest absolute Gasteiger partial charge is 0.407 e. The molecule has 0 bridgehead atoms. The SMILES string of the molecule is CC1CCC(NC(=O)CCNC(=O)OC(C)(C)C)C1. The first kappa shape index (κ1) is 15.8. The zero-order valence-corrected chi connectivity index (χ0v) is 12.4. The van der Waals surface area contributed by atoms with Gasteiger partial charge in [-0.25, -0.2) is 4.79 Å². The molecule has 0 spiro atoms. The molecule has 1 rings (SSSR count). The van der Waals surface area contributed by atoms with Gasteiger partial charge in [0, 0.05) is 19.0 Å². The highest BCUT2D eigenvalue weighted by Crippen LogP contribution is 2.24. The number of rotatable bonds is 4. The second kappa shape index (κ2) is 6.78. The average molecular weight is 270 g/mol. The number of ether oxygens (including phenoxy) is 1. The topological polar surface area (TPSA) is 67.4 Å². The summed E-state index contributed by atoms with van der Waals surface area (Å²) in [5, 5.41) is 5.58. The van der Waals surface area contributed by atoms with E-state index >= 15 is 0 Å². The van der Waals surface area contributed by atoms with Crippen LogP contribution in [0, 0.1) is 5.92 Å². The van der Waals surface area contributed by atoms with Crippen LogP contribution in [-0.4, -0.2) is 30.2 Å². The Hall–Kier alpha value is -1.26. The van der Waals surface area contributed by atoms with Crippen LogP contribution in [0.4, 0.5) is 4.79 Å². The quantitative estimate of drug-likeness (QED) is 0.823. The summed E-state index contributed by atoms with van der Waals surface area (Å²) in [6.45, 7) is 7.93. The van der Waals surface area contributed by atoms with Gasteiger partial charge in [0.1, 0.15) is 5.60 Å². The molecular formula is C14H26N2O3. The summed E-state index contributed by atoms with van der Waals surface area (Å²) in [6.07, 6.45) is 3.12. The fourth-order valence-corrected chi connectivity index (χ4v) is 2.23. The van der Waals surface area contributed by atoms with E-state index < -0.39 is 11.7 Å². The number of carbonyl (C=O) groups excluding carboxylic acids is 2. The van der Waals surface area contributed by atoms with Crippen molar-refractivity contribution < 1.29 is 14.3 Å². The maximum Gasteiger partial charge on any atom is 0.407 e. The van der Waals surface area contributed by atoms with E-state index in [1.54, 1.807) is 20.8 Å². The lowest BCUT2D eigenvalue weighted by Crippen LogP contribution is -2.37. The third-order valence-electron chi connectivity index (χ3n) is 3.08. The van der Waals surface area contributed by atoms with E-state index in [2.05, 4.69) is 17.6 Å². The van der Waals surface area contributed by atoms with Gasteiger partial charge in [-0.3, -0.25) is 4.79 Å². The fourth-order valence-electron chi connectivity index (χ4n) is 2.23. The summed E-state index contributed by atoms with van der Waals surface area (Å²) >= 11 is 0. The summed E-state index contributed by atoms with van der Waals surface area (Å²) in [5.41, 5.74) is -0.508. The predicted molar refractivity (Wildman–Crippen MR) is 73.8 cm³/mol. The number of hydrogen-bond acceptors (Lipinski definition) is 3. The Morgan fingerprint density at radius 3 is 2.47 bits per heavy atom. The third-order valence-corrected chi connectivity index (χ3v) is 3.08. The van der Waals surface area contributed by atoms with Crippen LogP contribution in [0.25, 0.3) is 0 Å². The Kier molecular flexibility index (Phi) is 5.63. The lowest BCUT2D eigenvalue weighted by molar-refractivity contribution is -0.121. The standard InChI is InChI=1S/C14H26N2O3/c1-10-5-6-11(9-10)16-12(17)7-8-15-13(18)19-14(2,3)4/h10-11H,5-9H2,1-4H3,(H,15,18)(H,16,17). The van der Waals surface area contributed by atoms with Gasteiger partial charge in [-0.15, -0.1) is 0 Å². The largest absolute Gasteiger partial charge is 0.444 e. The molecule has 2 N–H and O–H groups in total. The van der Waals surface area contributed by atoms with Crippen LogP contribution in [0.2, 0.25) is 0 Å². The first-order valence-electron chi connectivity index (χ1n) is 7.02. The van der Waals surface area contributed by atoms with Gasteiger partial charge in [-0.05, 0) is 46.0 Å². The van der Waals surface area contributed by atoms with E-state index in [1.165, 1.54) is 6.42 Å². The van der Waals surface area contributed by atoms with Crippen LogP contribution in [0.3, 0.4) is 0 Å². The molecule has 2 atom stereocenters. The van der Waals surface area contributed by atoms with Gasteiger partial charge in [0.05, 0.1) is 0 Å². The van der Waals surface area contributed by atoms with E-state index in [9.17, 15) is 9.59 Å². The Morgan fingerprint density at radius 2 is 1.95 bits per heavy atom. The fraction of sp³-hybridized carbons (Fsp3) is 0.857. The van der Waals surface area contributed by atoms with E-state index in [0.717, 1.165) is 12.8 Å². The van der Waals surface area contributed by atoms with Crippen molar-refractivity contribution in [3.8, 4) is 0 Å². The molecule has 0 aromatic rings. The number of nitrogens with one attached hydrogen (secondary N) is 2. The third kappa shape index (κ3) is 7.03. The van der Waals surface area contributed by atoms with Gasteiger partial charge in [0.2, 0.25) is 5.91 Å². The van der Waals surface area contributed by atoms with Crippen LogP contribution in [0.15, 0.2) is 0 Å². The molecule has 5 nitrogen and oxygen atoms in total. The molecule has 5 heteroatoms. The molecule has 0 aliphatic heterocycles. The number of hydrogen-bond donors (Lipinski definition) is 2. The van der Waals surface area contributed by atoms with Gasteiger partial charge in [-0.1, -0.05) is 6.92 Å². The van der Waals surface area contributed by atoms with Crippen molar-refractivity contribution in [3.05, 3.63) is 0 Å². The van der Waals surface area contributed by atoms with Crippen molar-refractivity contribution in [2.45, 2.75) is 65.0 Å². The van der Waals surface area contributed by atoms with Crippen LogP contribution in [0.1, 0.15) is 53.4 Å².